The topological polar surface area (TPSA) is 50.9 Å². The summed E-state index contributed by atoms with van der Waals surface area (Å²) in [6.07, 6.45) is -4.44. The summed E-state index contributed by atoms with van der Waals surface area (Å²) in [5.41, 5.74) is 5.02. The molecule has 1 heterocycles. The zero-order valence-corrected chi connectivity index (χ0v) is 9.66. The van der Waals surface area contributed by atoms with Crippen LogP contribution in [-0.4, -0.2) is 11.2 Å². The first kappa shape index (κ1) is 13.4. The highest BCUT2D eigenvalue weighted by Gasteiger charge is 2.27. The minimum Gasteiger partial charge on any atom is -0.271 e. The number of nitrogens with one attached hydrogen (secondary N) is 1. The van der Waals surface area contributed by atoms with Crippen LogP contribution < -0.4 is 11.3 Å². The highest BCUT2D eigenvalue weighted by Crippen LogP contribution is 2.28. The predicted octanol–water partition coefficient (Wildman–Crippen LogP) is 2.69. The first-order chi connectivity index (χ1) is 7.44. The molecule has 1 rings (SSSR count). The Hall–Kier alpha value is -0.660. The number of aryl methyl sites for hydroxylation is 1. The van der Waals surface area contributed by atoms with Crippen LogP contribution in [0.25, 0.3) is 0 Å². The van der Waals surface area contributed by atoms with E-state index in [4.69, 9.17) is 5.84 Å². The Morgan fingerprint density at radius 3 is 2.69 bits per heavy atom. The summed E-state index contributed by atoms with van der Waals surface area (Å²) in [5, 5.41) is 0. The fourth-order valence-electron chi connectivity index (χ4n) is 1.44. The van der Waals surface area contributed by atoms with Gasteiger partial charge in [0, 0.05) is 11.3 Å². The summed E-state index contributed by atoms with van der Waals surface area (Å²) < 4.78 is 35.9. The van der Waals surface area contributed by atoms with Gasteiger partial charge in [-0.3, -0.25) is 11.3 Å². The van der Waals surface area contributed by atoms with E-state index < -0.39 is 12.6 Å². The average molecular weight is 253 g/mol. The molecule has 0 bridgehead atoms. The second-order valence-electron chi connectivity index (χ2n) is 3.53. The third kappa shape index (κ3) is 4.07. The van der Waals surface area contributed by atoms with E-state index in [1.807, 2.05) is 6.92 Å². The Bertz CT molecular complexity index is 324. The first-order valence-electron chi connectivity index (χ1n) is 4.87. The van der Waals surface area contributed by atoms with E-state index in [1.165, 1.54) is 11.3 Å². The zero-order chi connectivity index (χ0) is 12.2. The van der Waals surface area contributed by atoms with Crippen molar-refractivity contribution in [2.45, 2.75) is 38.4 Å². The molecule has 0 aliphatic rings. The van der Waals surface area contributed by atoms with Gasteiger partial charge in [0.2, 0.25) is 0 Å². The smallest absolute Gasteiger partial charge is 0.271 e. The minimum absolute atomic E-state index is 0.0652. The second kappa shape index (κ2) is 5.60. The molecule has 1 atom stereocenters. The van der Waals surface area contributed by atoms with Crippen LogP contribution in [0.4, 0.5) is 13.2 Å². The molecule has 3 N–H and O–H groups in total. The first-order valence-corrected chi connectivity index (χ1v) is 5.75. The molecule has 0 radical (unpaired) electrons. The van der Waals surface area contributed by atoms with E-state index in [2.05, 4.69) is 10.4 Å². The number of aromatic nitrogens is 1. The highest BCUT2D eigenvalue weighted by molar-refractivity contribution is 7.09. The molecule has 0 saturated carbocycles. The lowest BCUT2D eigenvalue weighted by Crippen LogP contribution is -2.28. The van der Waals surface area contributed by atoms with Gasteiger partial charge in [0.15, 0.2) is 0 Å². The second-order valence-corrected chi connectivity index (χ2v) is 4.42. The Kier molecular flexibility index (Phi) is 4.69. The molecule has 1 aromatic heterocycles. The van der Waals surface area contributed by atoms with E-state index in [0.29, 0.717) is 6.42 Å². The Morgan fingerprint density at radius 1 is 1.56 bits per heavy atom. The van der Waals surface area contributed by atoms with E-state index >= 15 is 0 Å². The largest absolute Gasteiger partial charge is 0.389 e. The van der Waals surface area contributed by atoms with Gasteiger partial charge in [-0.05, 0) is 19.8 Å². The van der Waals surface area contributed by atoms with E-state index in [0.717, 1.165) is 10.6 Å². The van der Waals surface area contributed by atoms with Gasteiger partial charge in [-0.2, -0.15) is 13.2 Å². The van der Waals surface area contributed by atoms with Crippen molar-refractivity contribution in [3.8, 4) is 0 Å². The summed E-state index contributed by atoms with van der Waals surface area (Å²) in [6.45, 7) is 1.82. The Morgan fingerprint density at radius 2 is 2.25 bits per heavy atom. The quantitative estimate of drug-likeness (QED) is 0.626. The minimum atomic E-state index is -4.10. The maximum Gasteiger partial charge on any atom is 0.389 e. The van der Waals surface area contributed by atoms with Gasteiger partial charge in [-0.15, -0.1) is 11.3 Å². The van der Waals surface area contributed by atoms with E-state index in [-0.39, 0.29) is 12.5 Å². The van der Waals surface area contributed by atoms with Crippen molar-refractivity contribution >= 4 is 11.3 Å². The number of nitrogens with two attached hydrogens (primary N) is 1. The van der Waals surface area contributed by atoms with Crippen LogP contribution in [0.3, 0.4) is 0 Å². The van der Waals surface area contributed by atoms with Gasteiger partial charge < -0.3 is 0 Å². The molecule has 0 spiro atoms. The monoisotopic (exact) mass is 253 g/mol. The predicted molar refractivity (Wildman–Crippen MR) is 56.8 cm³/mol. The summed E-state index contributed by atoms with van der Waals surface area (Å²) >= 11 is 1.41. The maximum absolute atomic E-state index is 12.0. The fourth-order valence-corrected chi connectivity index (χ4v) is 2.34. The number of hydrogen-bond donors (Lipinski definition) is 2. The van der Waals surface area contributed by atoms with Crippen LogP contribution in [0.1, 0.15) is 35.9 Å². The molecule has 7 heteroatoms. The number of hydrazine groups is 1. The third-order valence-electron chi connectivity index (χ3n) is 2.25. The van der Waals surface area contributed by atoms with Crippen LogP contribution in [-0.2, 0) is 0 Å². The zero-order valence-electron chi connectivity index (χ0n) is 8.84. The van der Waals surface area contributed by atoms with E-state index in [9.17, 15) is 13.2 Å². The van der Waals surface area contributed by atoms with Crippen molar-refractivity contribution in [2.24, 2.45) is 5.84 Å². The molecule has 16 heavy (non-hydrogen) atoms. The van der Waals surface area contributed by atoms with Gasteiger partial charge in [0.05, 0.1) is 17.2 Å². The van der Waals surface area contributed by atoms with Gasteiger partial charge in [0.25, 0.3) is 0 Å². The summed E-state index contributed by atoms with van der Waals surface area (Å²) in [7, 11) is 0. The van der Waals surface area contributed by atoms with Crippen molar-refractivity contribution in [3.05, 3.63) is 16.1 Å². The highest BCUT2D eigenvalue weighted by atomic mass is 32.1. The van der Waals surface area contributed by atoms with Crippen molar-refractivity contribution < 1.29 is 13.2 Å². The van der Waals surface area contributed by atoms with Crippen molar-refractivity contribution in [2.75, 3.05) is 0 Å². The standard InChI is InChI=1S/C9H14F3N3S/c1-6-8(16-5-14-6)7(15-13)3-2-4-9(10,11)12/h5,7,15H,2-4,13H2,1H3. The number of alkyl halides is 3. The molecule has 0 aliphatic carbocycles. The molecular weight excluding hydrogens is 239 g/mol. The number of thiazole rings is 1. The lowest BCUT2D eigenvalue weighted by Gasteiger charge is -2.15. The molecule has 1 aromatic rings. The molecule has 3 nitrogen and oxygen atoms in total. The molecule has 0 amide bonds. The van der Waals surface area contributed by atoms with E-state index in [1.54, 1.807) is 5.51 Å². The summed E-state index contributed by atoms with van der Waals surface area (Å²) in [6, 6.07) is -0.241. The lowest BCUT2D eigenvalue weighted by atomic mass is 10.1. The fraction of sp³-hybridized carbons (Fsp3) is 0.667. The Labute approximate surface area is 95.8 Å². The molecule has 92 valence electrons. The SMILES string of the molecule is Cc1ncsc1C(CCCC(F)(F)F)NN. The summed E-state index contributed by atoms with van der Waals surface area (Å²) in [4.78, 5) is 4.95. The lowest BCUT2D eigenvalue weighted by molar-refractivity contribution is -0.135. The molecule has 0 saturated heterocycles. The van der Waals surface area contributed by atoms with Crippen molar-refractivity contribution in [3.63, 3.8) is 0 Å². The number of halogens is 3. The number of hydrogen-bond acceptors (Lipinski definition) is 4. The van der Waals surface area contributed by atoms with Crippen LogP contribution in [0, 0.1) is 6.92 Å². The van der Waals surface area contributed by atoms with Gasteiger partial charge in [0.1, 0.15) is 0 Å². The van der Waals surface area contributed by atoms with Crippen molar-refractivity contribution in [1.29, 1.82) is 0 Å². The van der Waals surface area contributed by atoms with Gasteiger partial charge in [-0.1, -0.05) is 0 Å². The number of nitrogens with zero attached hydrogens (tertiary/aromatic N) is 1. The normalized spacial score (nSPS) is 14.1. The Balaban J connectivity index is 2.48. The maximum atomic E-state index is 12.0. The van der Waals surface area contributed by atoms with Crippen LogP contribution in [0.2, 0.25) is 0 Å². The third-order valence-corrected chi connectivity index (χ3v) is 3.30. The average Bonchev–Trinajstić information content (AvgIpc) is 2.58. The molecule has 1 unspecified atom stereocenters. The van der Waals surface area contributed by atoms with Crippen molar-refractivity contribution in [1.82, 2.24) is 10.4 Å². The molecule has 0 aromatic carbocycles. The molecular formula is C9H14F3N3S. The van der Waals surface area contributed by atoms with Crippen LogP contribution in [0.5, 0.6) is 0 Å². The van der Waals surface area contributed by atoms with Crippen LogP contribution in [0.15, 0.2) is 5.51 Å². The molecule has 0 fully saturated rings. The summed E-state index contributed by atoms with van der Waals surface area (Å²) in [5.74, 6) is 5.33. The number of rotatable bonds is 5. The molecule has 0 aliphatic heterocycles. The van der Waals surface area contributed by atoms with Gasteiger partial charge >= 0.3 is 6.18 Å². The van der Waals surface area contributed by atoms with Crippen LogP contribution >= 0.6 is 11.3 Å². The van der Waals surface area contributed by atoms with Gasteiger partial charge in [-0.25, -0.2) is 4.98 Å².